The highest BCUT2D eigenvalue weighted by Gasteiger charge is 2.38. The van der Waals surface area contributed by atoms with Gasteiger partial charge >= 0.3 is 0 Å². The summed E-state index contributed by atoms with van der Waals surface area (Å²) >= 11 is 3.23. The first-order valence-electron chi connectivity index (χ1n) is 12.0. The third kappa shape index (κ3) is 4.90. The zero-order valence-corrected chi connectivity index (χ0v) is 22.1. The van der Waals surface area contributed by atoms with E-state index < -0.39 is 6.04 Å². The van der Waals surface area contributed by atoms with Crippen molar-refractivity contribution < 1.29 is 9.59 Å². The van der Waals surface area contributed by atoms with Crippen molar-refractivity contribution in [2.75, 3.05) is 18.6 Å². The molecular formula is C29H29N3O2S2. The predicted molar refractivity (Wildman–Crippen MR) is 148 cm³/mol. The molecule has 0 fully saturated rings. The summed E-state index contributed by atoms with van der Waals surface area (Å²) in [5.41, 5.74) is 4.17. The summed E-state index contributed by atoms with van der Waals surface area (Å²) in [5, 5.41) is 5.12. The molecule has 0 radical (unpaired) electrons. The number of benzene rings is 3. The lowest BCUT2D eigenvalue weighted by Crippen LogP contribution is -2.44. The Kier molecular flexibility index (Phi) is 7.39. The minimum Gasteiger partial charge on any atom is -0.350 e. The predicted octanol–water partition coefficient (Wildman–Crippen LogP) is 5.43. The summed E-state index contributed by atoms with van der Waals surface area (Å²) in [6.45, 7) is 0.895. The van der Waals surface area contributed by atoms with Gasteiger partial charge in [0, 0.05) is 41.5 Å². The lowest BCUT2D eigenvalue weighted by molar-refractivity contribution is -0.138. The summed E-state index contributed by atoms with van der Waals surface area (Å²) < 4.78 is 2.12. The molecule has 7 heteroatoms. The SMILES string of the molecule is CSc1ccc(CCN2C(=O)CSc3c(c4ccccc4n3C)C2C(=O)NCc2ccccc2)cc1. The summed E-state index contributed by atoms with van der Waals surface area (Å²) in [5.74, 6) is 0.149. The molecule has 0 spiro atoms. The van der Waals surface area contributed by atoms with Crippen LogP contribution in [-0.4, -0.2) is 39.8 Å². The van der Waals surface area contributed by atoms with E-state index in [1.807, 2.05) is 49.5 Å². The molecule has 2 amide bonds. The zero-order valence-electron chi connectivity index (χ0n) is 20.4. The van der Waals surface area contributed by atoms with Crippen molar-refractivity contribution >= 4 is 46.2 Å². The van der Waals surface area contributed by atoms with Crippen LogP contribution in [0.1, 0.15) is 22.7 Å². The van der Waals surface area contributed by atoms with E-state index >= 15 is 0 Å². The van der Waals surface area contributed by atoms with E-state index in [0.717, 1.165) is 32.6 Å². The Morgan fingerprint density at radius 3 is 2.47 bits per heavy atom. The van der Waals surface area contributed by atoms with E-state index in [1.165, 1.54) is 16.7 Å². The van der Waals surface area contributed by atoms with Gasteiger partial charge in [-0.25, -0.2) is 0 Å². The molecule has 1 aromatic heterocycles. The largest absolute Gasteiger partial charge is 0.350 e. The smallest absolute Gasteiger partial charge is 0.247 e. The molecule has 0 saturated heterocycles. The molecule has 1 aliphatic rings. The quantitative estimate of drug-likeness (QED) is 0.333. The number of thioether (sulfide) groups is 2. The summed E-state index contributed by atoms with van der Waals surface area (Å²) in [7, 11) is 2.01. The number of carbonyl (C=O) groups excluding carboxylic acids is 2. The maximum absolute atomic E-state index is 13.9. The number of carbonyl (C=O) groups is 2. The van der Waals surface area contributed by atoms with Gasteiger partial charge in [-0.2, -0.15) is 0 Å². The Balaban J connectivity index is 1.51. The molecule has 5 nitrogen and oxygen atoms in total. The van der Waals surface area contributed by atoms with Gasteiger partial charge in [0.05, 0.1) is 10.8 Å². The third-order valence-electron chi connectivity index (χ3n) is 6.69. The molecule has 1 unspecified atom stereocenters. The highest BCUT2D eigenvalue weighted by Crippen LogP contribution is 2.41. The van der Waals surface area contributed by atoms with Gasteiger partial charge in [0.25, 0.3) is 0 Å². The van der Waals surface area contributed by atoms with Crippen LogP contribution in [0.2, 0.25) is 0 Å². The second-order valence-electron chi connectivity index (χ2n) is 8.87. The Morgan fingerprint density at radius 2 is 1.72 bits per heavy atom. The van der Waals surface area contributed by atoms with Crippen LogP contribution in [0.3, 0.4) is 0 Å². The summed E-state index contributed by atoms with van der Waals surface area (Å²) in [6.07, 6.45) is 2.75. The number of rotatable bonds is 7. The number of amides is 2. The van der Waals surface area contributed by atoms with Gasteiger partial charge in [-0.3, -0.25) is 9.59 Å². The molecule has 1 atom stereocenters. The number of fused-ring (bicyclic) bond motifs is 3. The van der Waals surface area contributed by atoms with Gasteiger partial charge in [0.2, 0.25) is 11.8 Å². The summed E-state index contributed by atoms with van der Waals surface area (Å²) in [4.78, 5) is 30.3. The molecule has 3 aromatic carbocycles. The van der Waals surface area contributed by atoms with Gasteiger partial charge in [-0.05, 0) is 42.0 Å². The molecular weight excluding hydrogens is 486 g/mol. The fourth-order valence-electron chi connectivity index (χ4n) is 4.80. The molecule has 5 rings (SSSR count). The number of hydrogen-bond donors (Lipinski definition) is 1. The van der Waals surface area contributed by atoms with Crippen LogP contribution in [-0.2, 0) is 29.6 Å². The van der Waals surface area contributed by atoms with Gasteiger partial charge < -0.3 is 14.8 Å². The van der Waals surface area contributed by atoms with E-state index in [9.17, 15) is 9.59 Å². The van der Waals surface area contributed by atoms with Gasteiger partial charge in [-0.15, -0.1) is 11.8 Å². The fourth-order valence-corrected chi connectivity index (χ4v) is 6.30. The normalized spacial score (nSPS) is 15.6. The molecule has 36 heavy (non-hydrogen) atoms. The topological polar surface area (TPSA) is 54.3 Å². The van der Waals surface area contributed by atoms with Crippen LogP contribution in [0, 0.1) is 0 Å². The number of aromatic nitrogens is 1. The Bertz CT molecular complexity index is 1380. The first-order valence-corrected chi connectivity index (χ1v) is 14.2. The highest BCUT2D eigenvalue weighted by atomic mass is 32.2. The maximum atomic E-state index is 13.9. The first-order chi connectivity index (χ1) is 17.6. The van der Waals surface area contributed by atoms with E-state index in [1.54, 1.807) is 16.7 Å². The first kappa shape index (κ1) is 24.5. The Labute approximate surface area is 220 Å². The molecule has 0 bridgehead atoms. The van der Waals surface area contributed by atoms with Crippen LogP contribution in [0.15, 0.2) is 88.8 Å². The van der Waals surface area contributed by atoms with Crippen molar-refractivity contribution in [1.29, 1.82) is 0 Å². The molecule has 1 N–H and O–H groups in total. The van der Waals surface area contributed by atoms with Crippen LogP contribution < -0.4 is 5.32 Å². The molecule has 2 heterocycles. The van der Waals surface area contributed by atoms with Crippen molar-refractivity contribution in [3.63, 3.8) is 0 Å². The minimum absolute atomic E-state index is 0.0131. The van der Waals surface area contributed by atoms with Crippen LogP contribution >= 0.6 is 23.5 Å². The van der Waals surface area contributed by atoms with E-state index in [-0.39, 0.29) is 11.8 Å². The van der Waals surface area contributed by atoms with Crippen LogP contribution in [0.5, 0.6) is 0 Å². The monoisotopic (exact) mass is 515 g/mol. The lowest BCUT2D eigenvalue weighted by atomic mass is 10.0. The Morgan fingerprint density at radius 1 is 1.00 bits per heavy atom. The number of nitrogens with one attached hydrogen (secondary N) is 1. The number of para-hydroxylation sites is 1. The molecule has 0 saturated carbocycles. The van der Waals surface area contributed by atoms with E-state index in [2.05, 4.69) is 52.5 Å². The average molecular weight is 516 g/mol. The Hall–Kier alpha value is -3.16. The molecule has 0 aliphatic carbocycles. The number of nitrogens with zero attached hydrogens (tertiary/aromatic N) is 2. The molecule has 4 aromatic rings. The van der Waals surface area contributed by atoms with Crippen LogP contribution in [0.25, 0.3) is 10.9 Å². The lowest BCUT2D eigenvalue weighted by Gasteiger charge is -2.30. The van der Waals surface area contributed by atoms with Gasteiger partial charge in [0.1, 0.15) is 6.04 Å². The molecule has 1 aliphatic heterocycles. The molecule has 184 valence electrons. The summed E-state index contributed by atoms with van der Waals surface area (Å²) in [6, 6.07) is 25.7. The second kappa shape index (κ2) is 10.8. The van der Waals surface area contributed by atoms with Crippen molar-refractivity contribution in [2.24, 2.45) is 7.05 Å². The van der Waals surface area contributed by atoms with Gasteiger partial charge in [0.15, 0.2) is 0 Å². The second-order valence-corrected chi connectivity index (χ2v) is 10.7. The standard InChI is InChI=1S/C29H29N3O2S2/c1-31-24-11-7-6-10-23(24)26-27(28(34)30-18-21-8-4-3-5-9-21)32(25(33)19-36-29(26)31)17-16-20-12-14-22(35-2)15-13-20/h3-15,27H,16-19H2,1-2H3,(H,30,34). The van der Waals surface area contributed by atoms with E-state index in [4.69, 9.17) is 0 Å². The van der Waals surface area contributed by atoms with Crippen molar-refractivity contribution in [3.8, 4) is 0 Å². The van der Waals surface area contributed by atoms with Crippen molar-refractivity contribution in [1.82, 2.24) is 14.8 Å². The third-order valence-corrected chi connectivity index (χ3v) is 8.59. The minimum atomic E-state index is -0.692. The average Bonchev–Trinajstić information content (AvgIpc) is 3.10. The zero-order chi connectivity index (χ0) is 25.1. The number of aryl methyl sites for hydroxylation is 1. The van der Waals surface area contributed by atoms with Crippen molar-refractivity contribution in [2.45, 2.75) is 28.9 Å². The fraction of sp³-hybridized carbons (Fsp3) is 0.241. The number of hydrogen-bond acceptors (Lipinski definition) is 4. The van der Waals surface area contributed by atoms with Crippen molar-refractivity contribution in [3.05, 3.63) is 95.6 Å². The highest BCUT2D eigenvalue weighted by molar-refractivity contribution is 8.00. The maximum Gasteiger partial charge on any atom is 0.247 e. The van der Waals surface area contributed by atoms with Gasteiger partial charge in [-0.1, -0.05) is 72.4 Å². The van der Waals surface area contributed by atoms with E-state index in [0.29, 0.717) is 25.3 Å². The van der Waals surface area contributed by atoms with Crippen LogP contribution in [0.4, 0.5) is 0 Å².